The van der Waals surface area contributed by atoms with Crippen LogP contribution in [0.3, 0.4) is 0 Å². The summed E-state index contributed by atoms with van der Waals surface area (Å²) in [6.07, 6.45) is 3.48. The molecule has 0 saturated carbocycles. The van der Waals surface area contributed by atoms with Gasteiger partial charge in [0, 0.05) is 6.54 Å². The topological polar surface area (TPSA) is 55.9 Å². The molecule has 2 rings (SSSR count). The summed E-state index contributed by atoms with van der Waals surface area (Å²) < 4.78 is 1.93. The number of aromatic nitrogens is 2. The highest BCUT2D eigenvalue weighted by molar-refractivity contribution is 6.31. The smallest absolute Gasteiger partial charge is 0.0834 e. The van der Waals surface area contributed by atoms with Crippen LogP contribution in [-0.4, -0.2) is 9.78 Å². The molecule has 0 aliphatic rings. The van der Waals surface area contributed by atoms with Crippen molar-refractivity contribution in [3.05, 3.63) is 52.3 Å². The van der Waals surface area contributed by atoms with E-state index in [1.54, 1.807) is 6.20 Å². The average Bonchev–Trinajstić information content (AvgIpc) is 2.80. The van der Waals surface area contributed by atoms with Gasteiger partial charge in [0.15, 0.2) is 0 Å². The van der Waals surface area contributed by atoms with Crippen LogP contribution in [0.15, 0.2) is 30.5 Å². The number of nitrogens with zero attached hydrogens (tertiary/aromatic N) is 2. The maximum absolute atomic E-state index is 6.27. The van der Waals surface area contributed by atoms with Gasteiger partial charge in [0.1, 0.15) is 0 Å². The molecule has 0 spiro atoms. The molecule has 4 nitrogen and oxygen atoms in total. The molecule has 0 radical (unpaired) electrons. The first-order valence-corrected chi connectivity index (χ1v) is 7.26. The molecule has 108 valence electrons. The first-order valence-electron chi connectivity index (χ1n) is 6.88. The van der Waals surface area contributed by atoms with Gasteiger partial charge in [-0.3, -0.25) is 16.0 Å². The van der Waals surface area contributed by atoms with Gasteiger partial charge in [0.05, 0.1) is 23.0 Å². The van der Waals surface area contributed by atoms with Crippen LogP contribution >= 0.6 is 11.6 Å². The summed E-state index contributed by atoms with van der Waals surface area (Å²) in [5.41, 5.74) is 6.29. The van der Waals surface area contributed by atoms with E-state index < -0.39 is 0 Å². The lowest BCUT2D eigenvalue weighted by molar-refractivity contribution is 0.478. The fraction of sp³-hybridized carbons (Fsp3) is 0.400. The van der Waals surface area contributed by atoms with Crippen molar-refractivity contribution >= 4 is 11.6 Å². The molecule has 1 aromatic carbocycles. The molecule has 0 bridgehead atoms. The molecule has 1 aromatic heterocycles. The minimum Gasteiger partial charge on any atom is -0.271 e. The summed E-state index contributed by atoms with van der Waals surface area (Å²) in [5, 5.41) is 4.98. The minimum absolute atomic E-state index is 0.0424. The van der Waals surface area contributed by atoms with E-state index in [2.05, 4.69) is 48.6 Å². The van der Waals surface area contributed by atoms with E-state index in [4.69, 9.17) is 17.4 Å². The third kappa shape index (κ3) is 3.39. The number of benzene rings is 1. The summed E-state index contributed by atoms with van der Waals surface area (Å²) >= 11 is 6.27. The van der Waals surface area contributed by atoms with Crippen LogP contribution in [0.2, 0.25) is 5.02 Å². The van der Waals surface area contributed by atoms with Crippen LogP contribution in [0.4, 0.5) is 0 Å². The van der Waals surface area contributed by atoms with Crippen LogP contribution in [-0.2, 0) is 13.0 Å². The predicted molar refractivity (Wildman–Crippen MR) is 82.5 cm³/mol. The number of rotatable bonds is 6. The van der Waals surface area contributed by atoms with Crippen molar-refractivity contribution in [2.75, 3.05) is 0 Å². The first-order chi connectivity index (χ1) is 9.65. The Morgan fingerprint density at radius 1 is 1.35 bits per heavy atom. The Balaban J connectivity index is 2.23. The molecule has 0 fully saturated rings. The summed E-state index contributed by atoms with van der Waals surface area (Å²) in [6.45, 7) is 5.04. The van der Waals surface area contributed by atoms with Gasteiger partial charge in [0.2, 0.25) is 0 Å². The van der Waals surface area contributed by atoms with Crippen molar-refractivity contribution in [3.63, 3.8) is 0 Å². The maximum atomic E-state index is 6.27. The standard InChI is InChI=1S/C15H21ClN4/c1-3-8-20-15(13(16)10-18-20)14(19-17)9-12-6-4-11(2)5-7-12/h4-7,10,14,19H,3,8-9,17H2,1-2H3. The van der Waals surface area contributed by atoms with Crippen LogP contribution in [0, 0.1) is 6.92 Å². The van der Waals surface area contributed by atoms with Crippen molar-refractivity contribution < 1.29 is 0 Å². The number of nitrogens with two attached hydrogens (primary N) is 1. The fourth-order valence-corrected chi connectivity index (χ4v) is 2.58. The Morgan fingerprint density at radius 2 is 2.05 bits per heavy atom. The molecule has 0 amide bonds. The summed E-state index contributed by atoms with van der Waals surface area (Å²) in [6, 6.07) is 8.41. The summed E-state index contributed by atoms with van der Waals surface area (Å²) in [4.78, 5) is 0. The van der Waals surface area contributed by atoms with E-state index in [0.717, 1.165) is 25.1 Å². The fourth-order valence-electron chi connectivity index (χ4n) is 2.30. The molecule has 5 heteroatoms. The third-order valence-corrected chi connectivity index (χ3v) is 3.65. The van der Waals surface area contributed by atoms with Gasteiger partial charge in [-0.05, 0) is 25.3 Å². The van der Waals surface area contributed by atoms with E-state index in [1.165, 1.54) is 11.1 Å². The second-order valence-corrected chi connectivity index (χ2v) is 5.42. The van der Waals surface area contributed by atoms with Crippen LogP contribution in [0.25, 0.3) is 0 Å². The van der Waals surface area contributed by atoms with Crippen molar-refractivity contribution in [1.82, 2.24) is 15.2 Å². The molecule has 1 heterocycles. The van der Waals surface area contributed by atoms with Crippen molar-refractivity contribution in [2.45, 2.75) is 39.3 Å². The van der Waals surface area contributed by atoms with Gasteiger partial charge < -0.3 is 0 Å². The molecule has 0 aliphatic carbocycles. The van der Waals surface area contributed by atoms with Crippen LogP contribution in [0.5, 0.6) is 0 Å². The predicted octanol–water partition coefficient (Wildman–Crippen LogP) is 3.00. The van der Waals surface area contributed by atoms with Crippen molar-refractivity contribution in [2.24, 2.45) is 5.84 Å². The number of halogens is 1. The van der Waals surface area contributed by atoms with Crippen LogP contribution in [0.1, 0.15) is 36.2 Å². The Hall–Kier alpha value is -1.36. The molecule has 2 aromatic rings. The normalized spacial score (nSPS) is 12.6. The van der Waals surface area contributed by atoms with E-state index in [0.29, 0.717) is 5.02 Å². The van der Waals surface area contributed by atoms with Gasteiger partial charge in [-0.25, -0.2) is 0 Å². The number of hydrazine groups is 1. The highest BCUT2D eigenvalue weighted by Crippen LogP contribution is 2.25. The van der Waals surface area contributed by atoms with Crippen molar-refractivity contribution in [3.8, 4) is 0 Å². The van der Waals surface area contributed by atoms with Gasteiger partial charge in [0.25, 0.3) is 0 Å². The van der Waals surface area contributed by atoms with Crippen molar-refractivity contribution in [1.29, 1.82) is 0 Å². The number of aryl methyl sites for hydroxylation is 2. The summed E-state index contributed by atoms with van der Waals surface area (Å²) in [7, 11) is 0. The largest absolute Gasteiger partial charge is 0.271 e. The number of hydrogen-bond donors (Lipinski definition) is 2. The molecular formula is C15H21ClN4. The molecule has 1 unspecified atom stereocenters. The SMILES string of the molecule is CCCn1ncc(Cl)c1C(Cc1ccc(C)cc1)NN. The molecule has 3 N–H and O–H groups in total. The molecule has 20 heavy (non-hydrogen) atoms. The van der Waals surface area contributed by atoms with Gasteiger partial charge >= 0.3 is 0 Å². The Bertz CT molecular complexity index is 548. The lowest BCUT2D eigenvalue weighted by Gasteiger charge is -2.18. The molecule has 0 aliphatic heterocycles. The number of nitrogens with one attached hydrogen (secondary N) is 1. The minimum atomic E-state index is -0.0424. The Kier molecular flexibility index (Phi) is 5.17. The quantitative estimate of drug-likeness (QED) is 0.636. The zero-order chi connectivity index (χ0) is 14.5. The highest BCUT2D eigenvalue weighted by atomic mass is 35.5. The Morgan fingerprint density at radius 3 is 2.65 bits per heavy atom. The first kappa shape index (κ1) is 15.0. The third-order valence-electron chi connectivity index (χ3n) is 3.36. The van der Waals surface area contributed by atoms with E-state index >= 15 is 0 Å². The Labute approximate surface area is 124 Å². The molecule has 1 atom stereocenters. The van der Waals surface area contributed by atoms with E-state index in [1.807, 2.05) is 4.68 Å². The maximum Gasteiger partial charge on any atom is 0.0834 e. The van der Waals surface area contributed by atoms with Gasteiger partial charge in [-0.2, -0.15) is 5.10 Å². The van der Waals surface area contributed by atoms with E-state index in [-0.39, 0.29) is 6.04 Å². The monoisotopic (exact) mass is 292 g/mol. The molecular weight excluding hydrogens is 272 g/mol. The highest BCUT2D eigenvalue weighted by Gasteiger charge is 2.19. The second-order valence-electron chi connectivity index (χ2n) is 5.01. The van der Waals surface area contributed by atoms with Gasteiger partial charge in [-0.15, -0.1) is 0 Å². The molecule has 0 saturated heterocycles. The average molecular weight is 293 g/mol. The zero-order valence-electron chi connectivity index (χ0n) is 11.9. The van der Waals surface area contributed by atoms with Gasteiger partial charge in [-0.1, -0.05) is 48.4 Å². The number of hydrogen-bond acceptors (Lipinski definition) is 3. The van der Waals surface area contributed by atoms with E-state index in [9.17, 15) is 0 Å². The van der Waals surface area contributed by atoms with Crippen LogP contribution < -0.4 is 11.3 Å². The lowest BCUT2D eigenvalue weighted by atomic mass is 10.0. The summed E-state index contributed by atoms with van der Waals surface area (Å²) in [5.74, 6) is 5.73. The zero-order valence-corrected chi connectivity index (χ0v) is 12.7. The lowest BCUT2D eigenvalue weighted by Crippen LogP contribution is -2.31. The second kappa shape index (κ2) is 6.88.